The van der Waals surface area contributed by atoms with Gasteiger partial charge in [-0.05, 0) is 30.9 Å². The number of rotatable bonds is 2. The molecule has 0 bridgehead atoms. The molecule has 3 atom stereocenters. The summed E-state index contributed by atoms with van der Waals surface area (Å²) in [7, 11) is 0. The quantitative estimate of drug-likeness (QED) is 0.872. The lowest BCUT2D eigenvalue weighted by Gasteiger charge is -2.19. The molecular weight excluding hydrogens is 228 g/mol. The number of hydrogen-bond donors (Lipinski definition) is 1. The van der Waals surface area contributed by atoms with Crippen LogP contribution in [0.3, 0.4) is 0 Å². The van der Waals surface area contributed by atoms with Crippen molar-refractivity contribution in [1.82, 2.24) is 0 Å². The van der Waals surface area contributed by atoms with E-state index >= 15 is 0 Å². The molecule has 1 aromatic carbocycles. The van der Waals surface area contributed by atoms with Gasteiger partial charge in [0.15, 0.2) is 0 Å². The van der Waals surface area contributed by atoms with Gasteiger partial charge in [-0.1, -0.05) is 26.0 Å². The lowest BCUT2D eigenvalue weighted by Crippen LogP contribution is -2.21. The summed E-state index contributed by atoms with van der Waals surface area (Å²) in [5, 5.41) is 9.36. The van der Waals surface area contributed by atoms with Crippen LogP contribution in [0.25, 0.3) is 0 Å². The Bertz CT molecular complexity index is 547. The molecule has 18 heavy (non-hydrogen) atoms. The maximum Gasteiger partial charge on any atom is 0.313 e. The van der Waals surface area contributed by atoms with Crippen LogP contribution in [0.1, 0.15) is 49.3 Å². The molecule has 3 rings (SSSR count). The van der Waals surface area contributed by atoms with Gasteiger partial charge in [0, 0.05) is 11.5 Å². The molecule has 1 aliphatic heterocycles. The Morgan fingerprint density at radius 2 is 2.11 bits per heavy atom. The molecule has 1 saturated carbocycles. The molecule has 2 aliphatic rings. The third-order valence-corrected chi connectivity index (χ3v) is 4.50. The van der Waals surface area contributed by atoms with Crippen molar-refractivity contribution >= 4 is 5.97 Å². The first kappa shape index (κ1) is 11.6. The number of fused-ring (bicyclic) bond motifs is 3. The first-order valence-corrected chi connectivity index (χ1v) is 6.42. The Hall–Kier alpha value is -1.51. The maximum absolute atomic E-state index is 11.4. The first-order valence-electron chi connectivity index (χ1n) is 6.42. The summed E-state index contributed by atoms with van der Waals surface area (Å²) in [6.45, 7) is 8.09. The van der Waals surface area contributed by atoms with Gasteiger partial charge in [0.25, 0.3) is 0 Å². The van der Waals surface area contributed by atoms with E-state index in [1.165, 1.54) is 5.56 Å². The van der Waals surface area contributed by atoms with Gasteiger partial charge in [-0.15, -0.1) is 0 Å². The zero-order chi connectivity index (χ0) is 13.2. The van der Waals surface area contributed by atoms with E-state index in [-0.39, 0.29) is 12.0 Å². The van der Waals surface area contributed by atoms with Crippen LogP contribution in [0.5, 0.6) is 5.75 Å². The second-order valence-electron chi connectivity index (χ2n) is 5.97. The lowest BCUT2D eigenvalue weighted by atomic mass is 9.89. The van der Waals surface area contributed by atoms with Gasteiger partial charge in [0.2, 0.25) is 0 Å². The highest BCUT2D eigenvalue weighted by molar-refractivity contribution is 5.84. The predicted octanol–water partition coefficient (Wildman–Crippen LogP) is 3.07. The van der Waals surface area contributed by atoms with Crippen LogP contribution in [0.15, 0.2) is 12.1 Å². The van der Waals surface area contributed by atoms with E-state index in [1.54, 1.807) is 6.92 Å². The zero-order valence-electron chi connectivity index (χ0n) is 11.2. The zero-order valence-corrected chi connectivity index (χ0v) is 11.2. The maximum atomic E-state index is 11.4. The summed E-state index contributed by atoms with van der Waals surface area (Å²) in [5.74, 6) is 0.594. The minimum atomic E-state index is -0.751. The van der Waals surface area contributed by atoms with Gasteiger partial charge in [-0.3, -0.25) is 4.79 Å². The van der Waals surface area contributed by atoms with Crippen molar-refractivity contribution < 1.29 is 14.6 Å². The SMILES string of the molecule is Cc1ccc(C(C)C)c2c1OC1[C@H]2[C@@]1(C)C(=O)O. The third-order valence-electron chi connectivity index (χ3n) is 4.50. The number of aliphatic carboxylic acids is 1. The normalized spacial score (nSPS) is 31.8. The van der Waals surface area contributed by atoms with Crippen LogP contribution in [-0.4, -0.2) is 17.2 Å². The predicted molar refractivity (Wildman–Crippen MR) is 68.2 cm³/mol. The average molecular weight is 246 g/mol. The second kappa shape index (κ2) is 3.28. The van der Waals surface area contributed by atoms with E-state index in [0.717, 1.165) is 16.9 Å². The molecule has 0 amide bonds. The first-order chi connectivity index (χ1) is 8.39. The van der Waals surface area contributed by atoms with Crippen molar-refractivity contribution in [2.75, 3.05) is 0 Å². The van der Waals surface area contributed by atoms with E-state index in [2.05, 4.69) is 26.0 Å². The van der Waals surface area contributed by atoms with Crippen molar-refractivity contribution in [3.05, 3.63) is 28.8 Å². The van der Waals surface area contributed by atoms with Crippen LogP contribution >= 0.6 is 0 Å². The minimum absolute atomic E-state index is 0.0299. The highest BCUT2D eigenvalue weighted by Crippen LogP contribution is 2.68. The van der Waals surface area contributed by atoms with Crippen LogP contribution in [0.4, 0.5) is 0 Å². The molecule has 1 N–H and O–H groups in total. The van der Waals surface area contributed by atoms with Gasteiger partial charge in [-0.2, -0.15) is 0 Å². The molecule has 1 fully saturated rings. The van der Waals surface area contributed by atoms with Gasteiger partial charge in [0.1, 0.15) is 17.3 Å². The number of ether oxygens (including phenoxy) is 1. The number of hydrogen-bond acceptors (Lipinski definition) is 2. The summed E-state index contributed by atoms with van der Waals surface area (Å²) in [6.07, 6.45) is -0.177. The molecule has 96 valence electrons. The summed E-state index contributed by atoms with van der Waals surface area (Å²) >= 11 is 0. The molecular formula is C15H18O3. The fraction of sp³-hybridized carbons (Fsp3) is 0.533. The Labute approximate surface area is 107 Å². The molecule has 0 aromatic heterocycles. The molecule has 0 radical (unpaired) electrons. The van der Waals surface area contributed by atoms with Gasteiger partial charge in [-0.25, -0.2) is 0 Å². The third kappa shape index (κ3) is 1.17. The molecule has 3 nitrogen and oxygen atoms in total. The number of carbonyl (C=O) groups is 1. The smallest absolute Gasteiger partial charge is 0.313 e. The van der Waals surface area contributed by atoms with E-state index in [0.29, 0.717) is 5.92 Å². The summed E-state index contributed by atoms with van der Waals surface area (Å²) in [5.41, 5.74) is 2.74. The number of benzene rings is 1. The summed E-state index contributed by atoms with van der Waals surface area (Å²) < 4.78 is 5.90. The van der Waals surface area contributed by atoms with Crippen molar-refractivity contribution in [3.63, 3.8) is 0 Å². The minimum Gasteiger partial charge on any atom is -0.488 e. The van der Waals surface area contributed by atoms with Crippen LogP contribution in [0, 0.1) is 12.3 Å². The molecule has 0 saturated heterocycles. The molecule has 1 aromatic rings. The Kier molecular flexibility index (Phi) is 2.11. The van der Waals surface area contributed by atoms with E-state index in [1.807, 2.05) is 6.92 Å². The van der Waals surface area contributed by atoms with Gasteiger partial charge < -0.3 is 9.84 Å². The Balaban J connectivity index is 2.14. The fourth-order valence-electron chi connectivity index (χ4n) is 3.20. The molecule has 1 aliphatic carbocycles. The van der Waals surface area contributed by atoms with Gasteiger partial charge >= 0.3 is 5.97 Å². The molecule has 3 heteroatoms. The summed E-state index contributed by atoms with van der Waals surface area (Å²) in [6, 6.07) is 4.18. The standard InChI is InChI=1S/C15H18O3/c1-7(2)9-6-5-8(3)12-10(9)11-13(18-12)15(11,4)14(16)17/h5-7,11,13H,1-4H3,(H,16,17)/t11-,13?,15+/m0/s1. The Morgan fingerprint density at radius 3 is 2.67 bits per heavy atom. The fourth-order valence-corrected chi connectivity index (χ4v) is 3.20. The van der Waals surface area contributed by atoms with Crippen LogP contribution < -0.4 is 4.74 Å². The van der Waals surface area contributed by atoms with Gasteiger partial charge in [0.05, 0.1) is 0 Å². The lowest BCUT2D eigenvalue weighted by molar-refractivity contribution is -0.144. The molecule has 1 unspecified atom stereocenters. The van der Waals surface area contributed by atoms with Crippen LogP contribution in [0.2, 0.25) is 0 Å². The number of aryl methyl sites for hydroxylation is 1. The molecule has 0 spiro atoms. The highest BCUT2D eigenvalue weighted by Gasteiger charge is 2.73. The van der Waals surface area contributed by atoms with Crippen molar-refractivity contribution in [2.45, 2.75) is 45.6 Å². The van der Waals surface area contributed by atoms with Crippen molar-refractivity contribution in [2.24, 2.45) is 5.41 Å². The van der Waals surface area contributed by atoms with E-state index in [4.69, 9.17) is 4.74 Å². The van der Waals surface area contributed by atoms with Crippen molar-refractivity contribution in [1.29, 1.82) is 0 Å². The Morgan fingerprint density at radius 1 is 1.44 bits per heavy atom. The van der Waals surface area contributed by atoms with Crippen molar-refractivity contribution in [3.8, 4) is 5.75 Å². The second-order valence-corrected chi connectivity index (χ2v) is 5.97. The topological polar surface area (TPSA) is 46.5 Å². The highest BCUT2D eigenvalue weighted by atomic mass is 16.5. The monoisotopic (exact) mass is 246 g/mol. The van der Waals surface area contributed by atoms with Crippen LogP contribution in [-0.2, 0) is 4.79 Å². The number of carboxylic acid groups (broad SMARTS) is 1. The van der Waals surface area contributed by atoms with E-state index < -0.39 is 11.4 Å². The largest absolute Gasteiger partial charge is 0.488 e. The number of carboxylic acids is 1. The van der Waals surface area contributed by atoms with E-state index in [9.17, 15) is 9.90 Å². The summed E-state index contributed by atoms with van der Waals surface area (Å²) in [4.78, 5) is 11.4. The average Bonchev–Trinajstić information content (AvgIpc) is 2.70. The molecule has 1 heterocycles.